The third kappa shape index (κ3) is 6.20. The molecule has 7 heteroatoms. The van der Waals surface area contributed by atoms with Crippen LogP contribution in [0.3, 0.4) is 0 Å². The van der Waals surface area contributed by atoms with Crippen molar-refractivity contribution in [2.45, 2.75) is 38.6 Å². The minimum atomic E-state index is -0.418. The summed E-state index contributed by atoms with van der Waals surface area (Å²) in [6.07, 6.45) is 2.35. The zero-order chi connectivity index (χ0) is 22.2. The normalized spacial score (nSPS) is 14.2. The highest BCUT2D eigenvalue weighted by atomic mass is 19.1. The van der Waals surface area contributed by atoms with Crippen LogP contribution in [0.1, 0.15) is 42.1 Å². The average Bonchev–Trinajstić information content (AvgIpc) is 2.78. The monoisotopic (exact) mass is 428 g/mol. The van der Waals surface area contributed by atoms with Crippen molar-refractivity contribution in [2.24, 2.45) is 0 Å². The van der Waals surface area contributed by atoms with Gasteiger partial charge >= 0.3 is 0 Å². The van der Waals surface area contributed by atoms with Crippen LogP contribution in [0.2, 0.25) is 0 Å². The largest absolute Gasteiger partial charge is 0.493 e. The minimum Gasteiger partial charge on any atom is -0.493 e. The summed E-state index contributed by atoms with van der Waals surface area (Å²) in [5, 5.41) is 3.06. The summed E-state index contributed by atoms with van der Waals surface area (Å²) in [7, 11) is 1.60. The number of hydrogen-bond donors (Lipinski definition) is 1. The van der Waals surface area contributed by atoms with Crippen LogP contribution >= 0.6 is 0 Å². The molecule has 0 saturated carbocycles. The van der Waals surface area contributed by atoms with Crippen molar-refractivity contribution in [3.8, 4) is 11.5 Å². The summed E-state index contributed by atoms with van der Waals surface area (Å²) >= 11 is 0. The molecule has 1 fully saturated rings. The Morgan fingerprint density at radius 2 is 1.90 bits per heavy atom. The van der Waals surface area contributed by atoms with Crippen LogP contribution < -0.4 is 14.8 Å². The molecule has 2 aromatic carbocycles. The van der Waals surface area contributed by atoms with Gasteiger partial charge in [0.15, 0.2) is 11.5 Å². The van der Waals surface area contributed by atoms with Crippen LogP contribution in [0.4, 0.5) is 4.39 Å². The van der Waals surface area contributed by atoms with E-state index in [9.17, 15) is 14.0 Å². The van der Waals surface area contributed by atoms with Gasteiger partial charge in [-0.2, -0.15) is 0 Å². The number of likely N-dealkylation sites (tertiary alicyclic amines) is 1. The number of methoxy groups -OCH3 is 1. The quantitative estimate of drug-likeness (QED) is 0.698. The van der Waals surface area contributed by atoms with Crippen molar-refractivity contribution in [1.82, 2.24) is 10.2 Å². The molecule has 1 heterocycles. The predicted molar refractivity (Wildman–Crippen MR) is 116 cm³/mol. The first-order valence-corrected chi connectivity index (χ1v) is 10.6. The number of carbonyl (C=O) groups is 2. The average molecular weight is 429 g/mol. The lowest BCUT2D eigenvalue weighted by Gasteiger charge is -2.32. The Kier molecular flexibility index (Phi) is 7.87. The number of piperidine rings is 1. The second-order valence-corrected chi connectivity index (χ2v) is 7.56. The molecule has 0 aliphatic carbocycles. The molecule has 3 rings (SSSR count). The third-order valence-corrected chi connectivity index (χ3v) is 5.39. The first kappa shape index (κ1) is 22.6. The van der Waals surface area contributed by atoms with Crippen LogP contribution in [0.15, 0.2) is 42.5 Å². The summed E-state index contributed by atoms with van der Waals surface area (Å²) in [5.41, 5.74) is 1.36. The van der Waals surface area contributed by atoms with E-state index in [-0.39, 0.29) is 17.9 Å². The van der Waals surface area contributed by atoms with Gasteiger partial charge in [-0.25, -0.2) is 4.39 Å². The topological polar surface area (TPSA) is 67.9 Å². The molecular formula is C24H29FN2O4. The fraction of sp³-hybridized carbons (Fsp3) is 0.417. The van der Waals surface area contributed by atoms with E-state index in [1.54, 1.807) is 18.1 Å². The van der Waals surface area contributed by atoms with Crippen molar-refractivity contribution in [3.05, 3.63) is 59.4 Å². The maximum absolute atomic E-state index is 13.4. The number of hydrogen-bond acceptors (Lipinski definition) is 4. The van der Waals surface area contributed by atoms with E-state index in [0.29, 0.717) is 62.4 Å². The number of ether oxygens (including phenoxy) is 2. The first-order valence-electron chi connectivity index (χ1n) is 10.6. The molecule has 1 aliphatic rings. The Morgan fingerprint density at radius 3 is 2.58 bits per heavy atom. The third-order valence-electron chi connectivity index (χ3n) is 5.39. The first-order chi connectivity index (χ1) is 15.0. The number of carbonyl (C=O) groups excluding carboxylic acids is 2. The van der Waals surface area contributed by atoms with E-state index in [2.05, 4.69) is 5.32 Å². The highest BCUT2D eigenvalue weighted by Crippen LogP contribution is 2.28. The molecule has 0 atom stereocenters. The molecule has 1 N–H and O–H groups in total. The zero-order valence-corrected chi connectivity index (χ0v) is 18.0. The smallest absolute Gasteiger partial charge is 0.253 e. The summed E-state index contributed by atoms with van der Waals surface area (Å²) < 4.78 is 24.2. The summed E-state index contributed by atoms with van der Waals surface area (Å²) in [6, 6.07) is 11.5. The Hall–Kier alpha value is -3.09. The van der Waals surface area contributed by atoms with E-state index in [1.807, 2.05) is 25.1 Å². The van der Waals surface area contributed by atoms with Gasteiger partial charge in [0, 0.05) is 31.1 Å². The second kappa shape index (κ2) is 10.8. The minimum absolute atomic E-state index is 0.0113. The molecular weight excluding hydrogens is 399 g/mol. The Balaban J connectivity index is 1.44. The van der Waals surface area contributed by atoms with Gasteiger partial charge < -0.3 is 19.7 Å². The van der Waals surface area contributed by atoms with Crippen LogP contribution in [0.5, 0.6) is 11.5 Å². The molecule has 2 aromatic rings. The Morgan fingerprint density at radius 1 is 1.13 bits per heavy atom. The molecule has 0 unspecified atom stereocenters. The van der Waals surface area contributed by atoms with Crippen LogP contribution in [-0.4, -0.2) is 49.6 Å². The summed E-state index contributed by atoms with van der Waals surface area (Å²) in [4.78, 5) is 26.6. The number of amides is 2. The molecule has 2 amide bonds. The van der Waals surface area contributed by atoms with Gasteiger partial charge in [0.05, 0.1) is 13.7 Å². The van der Waals surface area contributed by atoms with E-state index in [1.165, 1.54) is 18.2 Å². The van der Waals surface area contributed by atoms with Crippen molar-refractivity contribution in [2.75, 3.05) is 26.8 Å². The summed E-state index contributed by atoms with van der Waals surface area (Å²) in [6.45, 7) is 3.55. The number of benzene rings is 2. The SMILES string of the molecule is CCOc1ccc(CCC(=O)NC2CCN(C(=O)c3cccc(F)c3)CC2)cc1OC. The maximum Gasteiger partial charge on any atom is 0.253 e. The molecule has 0 bridgehead atoms. The zero-order valence-electron chi connectivity index (χ0n) is 18.0. The van der Waals surface area contributed by atoms with Gasteiger partial charge in [0.2, 0.25) is 5.91 Å². The lowest BCUT2D eigenvalue weighted by atomic mass is 10.0. The Bertz CT molecular complexity index is 910. The van der Waals surface area contributed by atoms with Gasteiger partial charge in [-0.1, -0.05) is 12.1 Å². The van der Waals surface area contributed by atoms with E-state index < -0.39 is 5.82 Å². The number of aryl methyl sites for hydroxylation is 1. The van der Waals surface area contributed by atoms with Crippen molar-refractivity contribution < 1.29 is 23.5 Å². The van der Waals surface area contributed by atoms with Gasteiger partial charge in [0.25, 0.3) is 5.91 Å². The van der Waals surface area contributed by atoms with Crippen LogP contribution in [0.25, 0.3) is 0 Å². The Labute approximate surface area is 182 Å². The molecule has 166 valence electrons. The molecule has 1 aliphatic heterocycles. The van der Waals surface area contributed by atoms with E-state index in [0.717, 1.165) is 5.56 Å². The van der Waals surface area contributed by atoms with Gasteiger partial charge in [-0.05, 0) is 62.1 Å². The van der Waals surface area contributed by atoms with E-state index >= 15 is 0 Å². The standard InChI is InChI=1S/C24H29FN2O4/c1-3-31-21-9-7-17(15-22(21)30-2)8-10-23(28)26-20-11-13-27(14-12-20)24(29)18-5-4-6-19(25)16-18/h4-7,9,15-16,20H,3,8,10-14H2,1-2H3,(H,26,28). The highest BCUT2D eigenvalue weighted by Gasteiger charge is 2.24. The van der Waals surface area contributed by atoms with Crippen LogP contribution in [-0.2, 0) is 11.2 Å². The van der Waals surface area contributed by atoms with E-state index in [4.69, 9.17) is 9.47 Å². The second-order valence-electron chi connectivity index (χ2n) is 7.56. The number of rotatable bonds is 8. The maximum atomic E-state index is 13.4. The fourth-order valence-corrected chi connectivity index (χ4v) is 3.73. The van der Waals surface area contributed by atoms with Gasteiger partial charge in [0.1, 0.15) is 5.82 Å². The fourth-order valence-electron chi connectivity index (χ4n) is 3.73. The van der Waals surface area contributed by atoms with Gasteiger partial charge in [-0.15, -0.1) is 0 Å². The predicted octanol–water partition coefficient (Wildman–Crippen LogP) is 3.59. The molecule has 0 radical (unpaired) electrons. The summed E-state index contributed by atoms with van der Waals surface area (Å²) in [5.74, 6) is 0.752. The van der Waals surface area contributed by atoms with Crippen molar-refractivity contribution >= 4 is 11.8 Å². The molecule has 0 spiro atoms. The number of halogens is 1. The number of nitrogens with zero attached hydrogens (tertiary/aromatic N) is 1. The highest BCUT2D eigenvalue weighted by molar-refractivity contribution is 5.94. The lowest BCUT2D eigenvalue weighted by molar-refractivity contribution is -0.122. The molecule has 6 nitrogen and oxygen atoms in total. The molecule has 31 heavy (non-hydrogen) atoms. The molecule has 1 saturated heterocycles. The molecule has 0 aromatic heterocycles. The van der Waals surface area contributed by atoms with Crippen LogP contribution in [0, 0.1) is 5.82 Å². The van der Waals surface area contributed by atoms with Crippen molar-refractivity contribution in [1.29, 1.82) is 0 Å². The van der Waals surface area contributed by atoms with Gasteiger partial charge in [-0.3, -0.25) is 9.59 Å². The lowest BCUT2D eigenvalue weighted by Crippen LogP contribution is -2.46. The number of nitrogens with one attached hydrogen (secondary N) is 1. The van der Waals surface area contributed by atoms with Crippen molar-refractivity contribution in [3.63, 3.8) is 0 Å².